The predicted molar refractivity (Wildman–Crippen MR) is 80.1 cm³/mol. The number of fused-ring (bicyclic) bond motifs is 4. The van der Waals surface area contributed by atoms with Gasteiger partial charge in [0.2, 0.25) is 0 Å². The van der Waals surface area contributed by atoms with Gasteiger partial charge in [-0.25, -0.2) is 0 Å². The summed E-state index contributed by atoms with van der Waals surface area (Å²) in [5.41, 5.74) is 3.74. The van der Waals surface area contributed by atoms with Gasteiger partial charge in [0, 0.05) is 6.54 Å². The number of hydrogen-bond acceptors (Lipinski definition) is 2. The fourth-order valence-corrected chi connectivity index (χ4v) is 4.14. The average molecular weight is 273 g/mol. The maximum atomic E-state index is 5.58. The van der Waals surface area contributed by atoms with Crippen LogP contribution in [0.2, 0.25) is 0 Å². The summed E-state index contributed by atoms with van der Waals surface area (Å²) >= 11 is 5.58. The summed E-state index contributed by atoms with van der Waals surface area (Å²) in [7, 11) is 0. The second-order valence-corrected chi connectivity index (χ2v) is 6.41. The standard InChI is InChI=1S/C15H19N3S/c1-10-2-3-13-12(8-10)16-15(19)18(13)14-9-17-6-4-11(14)5-7-17/h2-3,8,11,14H,4-7,9H2,1H3,(H,16,19). The lowest BCUT2D eigenvalue weighted by atomic mass is 9.84. The normalized spacial score (nSPS) is 30.1. The van der Waals surface area contributed by atoms with Gasteiger partial charge >= 0.3 is 0 Å². The molecule has 0 amide bonds. The Kier molecular flexibility index (Phi) is 2.57. The number of rotatable bonds is 1. The summed E-state index contributed by atoms with van der Waals surface area (Å²) in [6.45, 7) is 5.84. The van der Waals surface area contributed by atoms with Crippen LogP contribution in [0.5, 0.6) is 0 Å². The fourth-order valence-electron chi connectivity index (χ4n) is 3.80. The van der Waals surface area contributed by atoms with Crippen LogP contribution < -0.4 is 0 Å². The van der Waals surface area contributed by atoms with Crippen LogP contribution in [0.15, 0.2) is 18.2 Å². The minimum Gasteiger partial charge on any atom is -0.331 e. The molecule has 3 fully saturated rings. The van der Waals surface area contributed by atoms with Crippen LogP contribution in [0.4, 0.5) is 0 Å². The molecule has 1 N–H and O–H groups in total. The first kappa shape index (κ1) is 11.7. The van der Waals surface area contributed by atoms with Crippen molar-refractivity contribution in [2.45, 2.75) is 25.8 Å². The summed E-state index contributed by atoms with van der Waals surface area (Å²) < 4.78 is 3.26. The molecule has 2 aromatic rings. The van der Waals surface area contributed by atoms with Crippen molar-refractivity contribution in [1.82, 2.24) is 14.5 Å². The quantitative estimate of drug-likeness (QED) is 0.806. The van der Waals surface area contributed by atoms with Gasteiger partial charge in [-0.2, -0.15) is 0 Å². The maximum absolute atomic E-state index is 5.58. The Labute approximate surface area is 118 Å². The Balaban J connectivity index is 1.87. The molecule has 3 aliphatic rings. The van der Waals surface area contributed by atoms with E-state index in [1.807, 2.05) is 0 Å². The summed E-state index contributed by atoms with van der Waals surface area (Å²) in [5, 5.41) is 0. The average Bonchev–Trinajstić information content (AvgIpc) is 2.75. The van der Waals surface area contributed by atoms with Gasteiger partial charge in [-0.15, -0.1) is 0 Å². The van der Waals surface area contributed by atoms with Crippen LogP contribution in [0.1, 0.15) is 24.4 Å². The Morgan fingerprint density at radius 2 is 2.05 bits per heavy atom. The summed E-state index contributed by atoms with van der Waals surface area (Å²) in [6, 6.07) is 7.16. The van der Waals surface area contributed by atoms with Gasteiger partial charge in [-0.3, -0.25) is 0 Å². The molecule has 0 spiro atoms. The molecule has 1 unspecified atom stereocenters. The second-order valence-electron chi connectivity index (χ2n) is 6.03. The molecule has 5 rings (SSSR count). The van der Waals surface area contributed by atoms with Crippen molar-refractivity contribution in [3.05, 3.63) is 28.5 Å². The van der Waals surface area contributed by atoms with Crippen molar-refractivity contribution < 1.29 is 0 Å². The Hall–Kier alpha value is -1.13. The van der Waals surface area contributed by atoms with Crippen LogP contribution in [0.3, 0.4) is 0 Å². The van der Waals surface area contributed by atoms with E-state index in [1.165, 1.54) is 49.1 Å². The smallest absolute Gasteiger partial charge is 0.178 e. The molecule has 3 aliphatic heterocycles. The van der Waals surface area contributed by atoms with E-state index in [2.05, 4.69) is 39.6 Å². The first-order chi connectivity index (χ1) is 9.22. The number of imidazole rings is 1. The van der Waals surface area contributed by atoms with Crippen molar-refractivity contribution in [3.8, 4) is 0 Å². The maximum Gasteiger partial charge on any atom is 0.178 e. The molecule has 1 aromatic heterocycles. The van der Waals surface area contributed by atoms with Crippen molar-refractivity contribution in [2.24, 2.45) is 5.92 Å². The molecule has 4 heterocycles. The molecule has 1 atom stereocenters. The lowest BCUT2D eigenvalue weighted by Crippen LogP contribution is -2.48. The Bertz CT molecular complexity index is 676. The minimum atomic E-state index is 0.562. The number of benzene rings is 1. The van der Waals surface area contributed by atoms with E-state index in [0.717, 1.165) is 10.7 Å². The third kappa shape index (κ3) is 1.77. The van der Waals surface area contributed by atoms with Crippen LogP contribution in [0.25, 0.3) is 11.0 Å². The zero-order valence-corrected chi connectivity index (χ0v) is 12.0. The lowest BCUT2D eigenvalue weighted by Gasteiger charge is -2.45. The number of nitrogens with zero attached hydrogens (tertiary/aromatic N) is 2. The first-order valence-electron chi connectivity index (χ1n) is 7.15. The van der Waals surface area contributed by atoms with E-state index < -0.39 is 0 Å². The third-order valence-corrected chi connectivity index (χ3v) is 5.12. The first-order valence-corrected chi connectivity index (χ1v) is 7.56. The topological polar surface area (TPSA) is 24.0 Å². The highest BCUT2D eigenvalue weighted by atomic mass is 32.1. The Morgan fingerprint density at radius 1 is 1.26 bits per heavy atom. The molecule has 4 heteroatoms. The van der Waals surface area contributed by atoms with Crippen LogP contribution in [-0.4, -0.2) is 34.1 Å². The summed E-state index contributed by atoms with van der Waals surface area (Å²) in [6.07, 6.45) is 2.65. The number of aromatic nitrogens is 2. The van der Waals surface area contributed by atoms with Gasteiger partial charge in [-0.1, -0.05) is 6.07 Å². The molecule has 3 nitrogen and oxygen atoms in total. The van der Waals surface area contributed by atoms with E-state index in [4.69, 9.17) is 12.2 Å². The minimum absolute atomic E-state index is 0.562. The Morgan fingerprint density at radius 3 is 2.74 bits per heavy atom. The molecule has 2 bridgehead atoms. The van der Waals surface area contributed by atoms with Crippen molar-refractivity contribution in [2.75, 3.05) is 19.6 Å². The highest BCUT2D eigenvalue weighted by molar-refractivity contribution is 7.71. The molecule has 0 radical (unpaired) electrons. The highest BCUT2D eigenvalue weighted by Crippen LogP contribution is 2.37. The van der Waals surface area contributed by atoms with E-state index in [0.29, 0.717) is 6.04 Å². The number of hydrogen-bond donors (Lipinski definition) is 1. The summed E-state index contributed by atoms with van der Waals surface area (Å²) in [4.78, 5) is 5.97. The number of aromatic amines is 1. The van der Waals surface area contributed by atoms with Gasteiger partial charge < -0.3 is 14.5 Å². The van der Waals surface area contributed by atoms with Crippen LogP contribution in [-0.2, 0) is 0 Å². The molecule has 1 aromatic carbocycles. The summed E-state index contributed by atoms with van der Waals surface area (Å²) in [5.74, 6) is 0.803. The van der Waals surface area contributed by atoms with Gasteiger partial charge in [0.15, 0.2) is 4.77 Å². The number of H-pyrrole nitrogens is 1. The monoisotopic (exact) mass is 273 g/mol. The molecular formula is C15H19N3S. The SMILES string of the molecule is Cc1ccc2c(c1)[nH]c(=S)n2C1CN2CCC1CC2. The molecule has 19 heavy (non-hydrogen) atoms. The molecule has 0 saturated carbocycles. The predicted octanol–water partition coefficient (Wildman–Crippen LogP) is 3.27. The molecular weight excluding hydrogens is 254 g/mol. The van der Waals surface area contributed by atoms with Gasteiger partial charge in [0.1, 0.15) is 0 Å². The van der Waals surface area contributed by atoms with Crippen LogP contribution in [0, 0.1) is 17.6 Å². The van der Waals surface area contributed by atoms with E-state index >= 15 is 0 Å². The highest BCUT2D eigenvalue weighted by Gasteiger charge is 2.35. The molecule has 100 valence electrons. The zero-order chi connectivity index (χ0) is 13.0. The van der Waals surface area contributed by atoms with Crippen molar-refractivity contribution in [1.29, 1.82) is 0 Å². The number of piperidine rings is 3. The zero-order valence-electron chi connectivity index (χ0n) is 11.2. The van der Waals surface area contributed by atoms with Gasteiger partial charge in [0.05, 0.1) is 17.1 Å². The van der Waals surface area contributed by atoms with E-state index in [1.54, 1.807) is 0 Å². The van der Waals surface area contributed by atoms with Crippen molar-refractivity contribution in [3.63, 3.8) is 0 Å². The van der Waals surface area contributed by atoms with Gasteiger partial charge in [-0.05, 0) is 68.7 Å². The molecule has 0 aliphatic carbocycles. The third-order valence-electron chi connectivity index (χ3n) is 4.83. The van der Waals surface area contributed by atoms with Crippen LogP contribution >= 0.6 is 12.2 Å². The number of nitrogens with one attached hydrogen (secondary N) is 1. The van der Waals surface area contributed by atoms with Gasteiger partial charge in [0.25, 0.3) is 0 Å². The largest absolute Gasteiger partial charge is 0.331 e. The van der Waals surface area contributed by atoms with E-state index in [-0.39, 0.29) is 0 Å². The van der Waals surface area contributed by atoms with E-state index in [9.17, 15) is 0 Å². The second kappa shape index (κ2) is 4.18. The molecule has 3 saturated heterocycles. The lowest BCUT2D eigenvalue weighted by molar-refractivity contribution is 0.0582. The number of aryl methyl sites for hydroxylation is 1. The van der Waals surface area contributed by atoms with Crippen molar-refractivity contribution >= 4 is 23.3 Å². The fraction of sp³-hybridized carbons (Fsp3) is 0.533.